The van der Waals surface area contributed by atoms with Crippen LogP contribution in [0.15, 0.2) is 0 Å². The van der Waals surface area contributed by atoms with Gasteiger partial charge in [0.2, 0.25) is 0 Å². The third kappa shape index (κ3) is 9.70. The first-order valence-corrected chi connectivity index (χ1v) is 4.71. The van der Waals surface area contributed by atoms with Gasteiger partial charge in [-0.1, -0.05) is 0 Å². The number of aliphatic hydroxyl groups excluding tert-OH is 1. The first-order chi connectivity index (χ1) is 6.02. The van der Waals surface area contributed by atoms with E-state index >= 15 is 0 Å². The van der Waals surface area contributed by atoms with Gasteiger partial charge in [-0.05, 0) is 39.8 Å². The summed E-state index contributed by atoms with van der Waals surface area (Å²) in [6, 6.07) is 0. The van der Waals surface area contributed by atoms with Crippen LogP contribution < -0.4 is 0 Å². The van der Waals surface area contributed by atoms with Crippen LogP contribution in [0.4, 0.5) is 8.78 Å². The fourth-order valence-corrected chi connectivity index (χ4v) is 1.16. The molecule has 13 heavy (non-hydrogen) atoms. The maximum Gasteiger partial charge on any atom is 0.251 e. The maximum absolute atomic E-state index is 11.6. The summed E-state index contributed by atoms with van der Waals surface area (Å²) in [5.74, 6) is 0. The predicted octanol–water partition coefficient (Wildman–Crippen LogP) is 1.73. The van der Waals surface area contributed by atoms with E-state index in [4.69, 9.17) is 5.11 Å². The maximum atomic E-state index is 11.6. The molecule has 80 valence electrons. The molecule has 1 aliphatic rings. The summed E-state index contributed by atoms with van der Waals surface area (Å²) in [5, 5.41) is 8.06. The van der Waals surface area contributed by atoms with Gasteiger partial charge in [0.05, 0.1) is 6.54 Å². The highest BCUT2D eigenvalue weighted by atomic mass is 19.3. The van der Waals surface area contributed by atoms with Gasteiger partial charge in [-0.2, -0.15) is 0 Å². The van der Waals surface area contributed by atoms with Crippen molar-refractivity contribution in [3.63, 3.8) is 0 Å². The number of aliphatic hydroxyl groups is 1. The Morgan fingerprint density at radius 3 is 1.92 bits per heavy atom. The van der Waals surface area contributed by atoms with Gasteiger partial charge in [0.1, 0.15) is 0 Å². The fraction of sp³-hybridized carbons (Fsp3) is 1.00. The Morgan fingerprint density at radius 1 is 1.23 bits per heavy atom. The number of hydrogen-bond acceptors (Lipinski definition) is 2. The highest BCUT2D eigenvalue weighted by Gasteiger charge is 2.15. The molecule has 0 radical (unpaired) electrons. The number of hydrogen-bond donors (Lipinski definition) is 1. The van der Waals surface area contributed by atoms with Crippen LogP contribution in [-0.2, 0) is 0 Å². The second-order valence-corrected chi connectivity index (χ2v) is 3.49. The lowest BCUT2D eigenvalue weighted by Gasteiger charge is -2.12. The lowest BCUT2D eigenvalue weighted by Crippen LogP contribution is -2.25. The summed E-state index contributed by atoms with van der Waals surface area (Å²) >= 11 is 0. The number of rotatable bonds is 2. The molecule has 0 bridgehead atoms. The van der Waals surface area contributed by atoms with E-state index in [1.165, 1.54) is 0 Å². The van der Waals surface area contributed by atoms with Crippen LogP contribution >= 0.6 is 0 Å². The molecular weight excluding hydrogens is 176 g/mol. The molecule has 0 amide bonds. The van der Waals surface area contributed by atoms with Crippen LogP contribution in [0.1, 0.15) is 26.7 Å². The average Bonchev–Trinajstić information content (AvgIpc) is 2.36. The Morgan fingerprint density at radius 2 is 1.62 bits per heavy atom. The topological polar surface area (TPSA) is 23.5 Å². The van der Waals surface area contributed by atoms with Crippen molar-refractivity contribution in [3.8, 4) is 0 Å². The molecule has 0 atom stereocenters. The standard InChI is InChI=1S/C6H11F2N.C3H8O/c7-6(8)5-9-3-1-2-4-9;1-3(2)4/h6H,1-5H2;3-4H,1-2H3. The molecule has 0 aromatic rings. The highest BCUT2D eigenvalue weighted by molar-refractivity contribution is 4.66. The molecule has 0 saturated carbocycles. The Kier molecular flexibility index (Phi) is 7.09. The van der Waals surface area contributed by atoms with Crippen molar-refractivity contribution in [2.75, 3.05) is 19.6 Å². The van der Waals surface area contributed by atoms with E-state index in [1.807, 2.05) is 4.90 Å². The van der Waals surface area contributed by atoms with Crippen LogP contribution in [0.25, 0.3) is 0 Å². The second kappa shape index (κ2) is 7.21. The third-order valence-electron chi connectivity index (χ3n) is 1.59. The molecule has 1 saturated heterocycles. The van der Waals surface area contributed by atoms with E-state index < -0.39 is 6.43 Å². The quantitative estimate of drug-likeness (QED) is 0.725. The van der Waals surface area contributed by atoms with Crippen molar-refractivity contribution < 1.29 is 13.9 Å². The Hall–Kier alpha value is -0.220. The molecule has 4 heteroatoms. The highest BCUT2D eigenvalue weighted by Crippen LogP contribution is 2.08. The minimum atomic E-state index is -2.15. The summed E-state index contributed by atoms with van der Waals surface area (Å²) in [6.45, 7) is 5.15. The smallest absolute Gasteiger partial charge is 0.251 e. The van der Waals surface area contributed by atoms with Gasteiger partial charge in [-0.3, -0.25) is 4.90 Å². The molecule has 0 unspecified atom stereocenters. The number of alkyl halides is 2. The molecule has 1 N–H and O–H groups in total. The Bertz CT molecular complexity index is 111. The molecule has 1 aliphatic heterocycles. The molecular formula is C9H19F2NO. The Balaban J connectivity index is 0.000000310. The zero-order valence-electron chi connectivity index (χ0n) is 8.34. The molecule has 0 spiro atoms. The molecule has 1 rings (SSSR count). The van der Waals surface area contributed by atoms with Crippen LogP contribution in [-0.4, -0.2) is 42.2 Å². The SMILES string of the molecule is CC(C)O.FC(F)CN1CCCC1. The van der Waals surface area contributed by atoms with Crippen molar-refractivity contribution in [1.29, 1.82) is 0 Å². The van der Waals surface area contributed by atoms with Gasteiger partial charge in [-0.25, -0.2) is 8.78 Å². The number of halogens is 2. The first-order valence-electron chi connectivity index (χ1n) is 4.71. The summed E-state index contributed by atoms with van der Waals surface area (Å²) in [6.07, 6.45) is -0.137. The van der Waals surface area contributed by atoms with Crippen molar-refractivity contribution in [1.82, 2.24) is 4.90 Å². The minimum Gasteiger partial charge on any atom is -0.394 e. The van der Waals surface area contributed by atoms with Crippen LogP contribution in [0.5, 0.6) is 0 Å². The minimum absolute atomic E-state index is 0.0278. The normalized spacial score (nSPS) is 17.8. The van der Waals surface area contributed by atoms with Gasteiger partial charge in [-0.15, -0.1) is 0 Å². The van der Waals surface area contributed by atoms with Crippen molar-refractivity contribution in [2.24, 2.45) is 0 Å². The van der Waals surface area contributed by atoms with Crippen LogP contribution in [0.2, 0.25) is 0 Å². The van der Waals surface area contributed by atoms with Gasteiger partial charge in [0.15, 0.2) is 0 Å². The first kappa shape index (κ1) is 12.8. The van der Waals surface area contributed by atoms with Gasteiger partial charge >= 0.3 is 0 Å². The van der Waals surface area contributed by atoms with Crippen LogP contribution in [0, 0.1) is 0 Å². The Labute approximate surface area is 78.5 Å². The number of likely N-dealkylation sites (tertiary alicyclic amines) is 1. The van der Waals surface area contributed by atoms with Crippen LogP contribution in [0.3, 0.4) is 0 Å². The number of nitrogens with zero attached hydrogens (tertiary/aromatic N) is 1. The van der Waals surface area contributed by atoms with E-state index in [1.54, 1.807) is 13.8 Å². The lowest BCUT2D eigenvalue weighted by molar-refractivity contribution is 0.0997. The van der Waals surface area contributed by atoms with Gasteiger partial charge < -0.3 is 5.11 Å². The van der Waals surface area contributed by atoms with Gasteiger partial charge in [0.25, 0.3) is 6.43 Å². The zero-order valence-corrected chi connectivity index (χ0v) is 8.34. The molecule has 0 aliphatic carbocycles. The summed E-state index contributed by atoms with van der Waals surface area (Å²) in [5.41, 5.74) is 0. The van der Waals surface area contributed by atoms with Crippen molar-refractivity contribution >= 4 is 0 Å². The van der Waals surface area contributed by atoms with E-state index in [2.05, 4.69) is 0 Å². The molecule has 2 nitrogen and oxygen atoms in total. The van der Waals surface area contributed by atoms with Gasteiger partial charge in [0, 0.05) is 6.10 Å². The van der Waals surface area contributed by atoms with E-state index in [0.29, 0.717) is 0 Å². The second-order valence-electron chi connectivity index (χ2n) is 3.49. The fourth-order valence-electron chi connectivity index (χ4n) is 1.16. The third-order valence-corrected chi connectivity index (χ3v) is 1.59. The summed E-state index contributed by atoms with van der Waals surface area (Å²) in [7, 11) is 0. The molecule has 1 fully saturated rings. The molecule has 0 aromatic carbocycles. The largest absolute Gasteiger partial charge is 0.394 e. The summed E-state index contributed by atoms with van der Waals surface area (Å²) in [4.78, 5) is 1.81. The molecule has 0 aromatic heterocycles. The zero-order chi connectivity index (χ0) is 10.3. The monoisotopic (exact) mass is 195 g/mol. The van der Waals surface area contributed by atoms with E-state index in [0.717, 1.165) is 25.9 Å². The predicted molar refractivity (Wildman–Crippen MR) is 49.0 cm³/mol. The van der Waals surface area contributed by atoms with E-state index in [-0.39, 0.29) is 12.6 Å². The lowest BCUT2D eigenvalue weighted by atomic mass is 10.4. The average molecular weight is 195 g/mol. The van der Waals surface area contributed by atoms with Crippen molar-refractivity contribution in [3.05, 3.63) is 0 Å². The summed E-state index contributed by atoms with van der Waals surface area (Å²) < 4.78 is 23.3. The molecule has 1 heterocycles. The van der Waals surface area contributed by atoms with E-state index in [9.17, 15) is 8.78 Å². The van der Waals surface area contributed by atoms with Crippen molar-refractivity contribution in [2.45, 2.75) is 39.2 Å².